The van der Waals surface area contributed by atoms with Gasteiger partial charge in [-0.2, -0.15) is 0 Å². The largest absolute Gasteiger partial charge is 0.486 e. The molecule has 3 aliphatic heterocycles. The summed E-state index contributed by atoms with van der Waals surface area (Å²) in [5.41, 5.74) is 0.799. The predicted molar refractivity (Wildman–Crippen MR) is 98.4 cm³/mol. The van der Waals surface area contributed by atoms with Crippen molar-refractivity contribution in [3.8, 4) is 11.5 Å². The van der Waals surface area contributed by atoms with E-state index in [9.17, 15) is 4.79 Å². The third-order valence-corrected chi connectivity index (χ3v) is 6.82. The number of rotatable bonds is 2. The van der Waals surface area contributed by atoms with Crippen molar-refractivity contribution < 1.29 is 14.3 Å². The van der Waals surface area contributed by atoms with Gasteiger partial charge in [-0.3, -0.25) is 9.80 Å². The van der Waals surface area contributed by atoms with Gasteiger partial charge < -0.3 is 14.8 Å². The van der Waals surface area contributed by atoms with E-state index in [1.54, 1.807) is 11.3 Å². The molecule has 8 heteroatoms. The molecule has 1 N–H and O–H groups in total. The first-order chi connectivity index (χ1) is 12.8. The highest BCUT2D eigenvalue weighted by atomic mass is 32.1. The number of fused-ring (bicyclic) bond motifs is 4. The summed E-state index contributed by atoms with van der Waals surface area (Å²) in [7, 11) is 0. The second-order valence-electron chi connectivity index (χ2n) is 7.44. The third-order valence-electron chi connectivity index (χ3n) is 5.80. The summed E-state index contributed by atoms with van der Waals surface area (Å²) < 4.78 is 12.5. The smallest absolute Gasteiger partial charge is 0.324 e. The van der Waals surface area contributed by atoms with Gasteiger partial charge in [0.15, 0.2) is 16.6 Å². The molecule has 2 aromatic rings. The second kappa shape index (κ2) is 5.47. The van der Waals surface area contributed by atoms with Crippen molar-refractivity contribution in [3.63, 3.8) is 0 Å². The fourth-order valence-electron chi connectivity index (χ4n) is 4.36. The highest BCUT2D eigenvalue weighted by Gasteiger charge is 2.47. The lowest BCUT2D eigenvalue weighted by molar-refractivity contribution is 0.173. The van der Waals surface area contributed by atoms with Crippen LogP contribution in [0.2, 0.25) is 0 Å². The molecule has 6 rings (SSSR count). The molecule has 0 unspecified atom stereocenters. The minimum absolute atomic E-state index is 0.0252. The number of ether oxygens (including phenoxy) is 2. The maximum Gasteiger partial charge on any atom is 0.324 e. The van der Waals surface area contributed by atoms with E-state index < -0.39 is 0 Å². The summed E-state index contributed by atoms with van der Waals surface area (Å²) in [6, 6.07) is 5.01. The molecule has 1 aromatic carbocycles. The van der Waals surface area contributed by atoms with Gasteiger partial charge in [-0.1, -0.05) is 11.3 Å². The Morgan fingerprint density at radius 2 is 2.08 bits per heavy atom. The zero-order valence-electron chi connectivity index (χ0n) is 14.3. The van der Waals surface area contributed by atoms with Gasteiger partial charge in [-0.05, 0) is 31.4 Å². The Kier molecular flexibility index (Phi) is 3.16. The van der Waals surface area contributed by atoms with Gasteiger partial charge in [0.2, 0.25) is 0 Å². The molecule has 1 saturated carbocycles. The number of likely N-dealkylation sites (tertiary alicyclic amines) is 1. The Hall–Kier alpha value is -2.06. The number of piperidine rings is 1. The van der Waals surface area contributed by atoms with Crippen molar-refractivity contribution in [3.05, 3.63) is 12.1 Å². The normalized spacial score (nSPS) is 28.3. The minimum Gasteiger partial charge on any atom is -0.486 e. The van der Waals surface area contributed by atoms with Crippen molar-refractivity contribution in [2.24, 2.45) is 0 Å². The zero-order chi connectivity index (χ0) is 17.3. The van der Waals surface area contributed by atoms with Crippen LogP contribution in [0.25, 0.3) is 10.2 Å². The van der Waals surface area contributed by atoms with Crippen LogP contribution < -0.4 is 19.7 Å². The van der Waals surface area contributed by atoms with Crippen molar-refractivity contribution in [2.45, 2.75) is 37.4 Å². The third kappa shape index (κ3) is 2.21. The summed E-state index contributed by atoms with van der Waals surface area (Å²) >= 11 is 1.55. The number of nitrogens with one attached hydrogen (secondary N) is 1. The number of nitrogens with zero attached hydrogens (tertiary/aromatic N) is 3. The Labute approximate surface area is 154 Å². The summed E-state index contributed by atoms with van der Waals surface area (Å²) in [5, 5.41) is 3.92. The van der Waals surface area contributed by atoms with Crippen LogP contribution in [0, 0.1) is 0 Å². The number of benzene rings is 1. The van der Waals surface area contributed by atoms with E-state index in [-0.39, 0.29) is 18.1 Å². The SMILES string of the molecule is O=C1N[C@@H]2CCN(C3CC3)C[C@@H]2N1c1nc2c3c(ccc2s1)OCCO3. The molecular formula is C18H20N4O3S. The molecule has 4 heterocycles. The molecule has 26 heavy (non-hydrogen) atoms. The van der Waals surface area contributed by atoms with Crippen LogP contribution in [0.4, 0.5) is 9.93 Å². The standard InChI is InChI=1S/C18H20N4O3S/c23-17-19-11-5-6-21(10-1-2-10)9-12(11)22(17)18-20-15-14(26-18)4-3-13-16(15)25-8-7-24-13/h3-4,10-12H,1-2,5-9H2,(H,19,23)/t11-,12+/m1/s1. The number of hydrogen-bond donors (Lipinski definition) is 1. The van der Waals surface area contributed by atoms with Crippen molar-refractivity contribution >= 4 is 32.7 Å². The molecule has 0 radical (unpaired) electrons. The number of carbonyl (C=O) groups excluding carboxylic acids is 1. The van der Waals surface area contributed by atoms with Gasteiger partial charge in [-0.25, -0.2) is 9.78 Å². The van der Waals surface area contributed by atoms with Gasteiger partial charge in [-0.15, -0.1) is 0 Å². The lowest BCUT2D eigenvalue weighted by Crippen LogP contribution is -2.52. The van der Waals surface area contributed by atoms with Crippen LogP contribution in [-0.2, 0) is 0 Å². The van der Waals surface area contributed by atoms with Crippen LogP contribution >= 0.6 is 11.3 Å². The number of thiazole rings is 1. The molecule has 7 nitrogen and oxygen atoms in total. The van der Waals surface area contributed by atoms with Gasteiger partial charge in [0, 0.05) is 19.1 Å². The number of urea groups is 1. The van der Waals surface area contributed by atoms with Gasteiger partial charge in [0.05, 0.1) is 16.8 Å². The van der Waals surface area contributed by atoms with Crippen LogP contribution in [0.1, 0.15) is 19.3 Å². The fourth-order valence-corrected chi connectivity index (χ4v) is 5.38. The van der Waals surface area contributed by atoms with E-state index in [0.29, 0.717) is 19.0 Å². The highest BCUT2D eigenvalue weighted by Crippen LogP contribution is 2.43. The van der Waals surface area contributed by atoms with Crippen molar-refractivity contribution in [2.75, 3.05) is 31.2 Å². The number of anilines is 1. The number of hydrogen-bond acceptors (Lipinski definition) is 6. The van der Waals surface area contributed by atoms with Crippen LogP contribution in [-0.4, -0.2) is 60.3 Å². The lowest BCUT2D eigenvalue weighted by atomic mass is 10.0. The second-order valence-corrected chi connectivity index (χ2v) is 8.45. The molecule has 4 aliphatic rings. The van der Waals surface area contributed by atoms with Gasteiger partial charge in [0.1, 0.15) is 18.7 Å². The van der Waals surface area contributed by atoms with E-state index >= 15 is 0 Å². The molecule has 1 aromatic heterocycles. The highest BCUT2D eigenvalue weighted by molar-refractivity contribution is 7.22. The van der Waals surface area contributed by atoms with Crippen LogP contribution in [0.5, 0.6) is 11.5 Å². The van der Waals surface area contributed by atoms with Crippen LogP contribution in [0.3, 0.4) is 0 Å². The monoisotopic (exact) mass is 372 g/mol. The first kappa shape index (κ1) is 15.0. The van der Waals surface area contributed by atoms with E-state index in [1.165, 1.54) is 12.8 Å². The quantitative estimate of drug-likeness (QED) is 0.875. The number of aromatic nitrogens is 1. The number of amides is 2. The Bertz CT molecular complexity index is 896. The fraction of sp³-hybridized carbons (Fsp3) is 0.556. The zero-order valence-corrected chi connectivity index (χ0v) is 15.1. The first-order valence-electron chi connectivity index (χ1n) is 9.31. The molecule has 2 saturated heterocycles. The summed E-state index contributed by atoms with van der Waals surface area (Å²) in [6.07, 6.45) is 3.60. The average Bonchev–Trinajstić information content (AvgIpc) is 3.33. The maximum absolute atomic E-state index is 12.7. The van der Waals surface area contributed by atoms with Gasteiger partial charge in [0.25, 0.3) is 0 Å². The molecule has 0 bridgehead atoms. The van der Waals surface area contributed by atoms with E-state index in [0.717, 1.165) is 46.6 Å². The Morgan fingerprint density at radius 1 is 1.19 bits per heavy atom. The minimum atomic E-state index is -0.0252. The van der Waals surface area contributed by atoms with E-state index in [2.05, 4.69) is 10.2 Å². The molecular weight excluding hydrogens is 352 g/mol. The Balaban J connectivity index is 1.38. The summed E-state index contributed by atoms with van der Waals surface area (Å²) in [4.78, 5) is 21.9. The average molecular weight is 372 g/mol. The predicted octanol–water partition coefficient (Wildman–Crippen LogP) is 2.20. The van der Waals surface area contributed by atoms with Crippen molar-refractivity contribution in [1.82, 2.24) is 15.2 Å². The number of carbonyl (C=O) groups is 1. The van der Waals surface area contributed by atoms with E-state index in [1.807, 2.05) is 17.0 Å². The summed E-state index contributed by atoms with van der Waals surface area (Å²) in [6.45, 7) is 3.11. The molecule has 3 fully saturated rings. The molecule has 2 amide bonds. The van der Waals surface area contributed by atoms with Crippen molar-refractivity contribution in [1.29, 1.82) is 0 Å². The molecule has 1 aliphatic carbocycles. The summed E-state index contributed by atoms with van der Waals surface area (Å²) in [5.74, 6) is 1.44. The topological polar surface area (TPSA) is 66.9 Å². The molecule has 2 atom stereocenters. The first-order valence-corrected chi connectivity index (χ1v) is 10.1. The maximum atomic E-state index is 12.7. The van der Waals surface area contributed by atoms with Crippen LogP contribution in [0.15, 0.2) is 12.1 Å². The Morgan fingerprint density at radius 3 is 2.96 bits per heavy atom. The molecule has 0 spiro atoms. The van der Waals surface area contributed by atoms with Gasteiger partial charge >= 0.3 is 6.03 Å². The lowest BCUT2D eigenvalue weighted by Gasteiger charge is -2.36. The van der Waals surface area contributed by atoms with E-state index in [4.69, 9.17) is 14.5 Å². The molecule has 136 valence electrons.